The van der Waals surface area contributed by atoms with Crippen molar-refractivity contribution < 1.29 is 29.7 Å². The van der Waals surface area contributed by atoms with Crippen LogP contribution in [0.1, 0.15) is 39.5 Å². The van der Waals surface area contributed by atoms with E-state index in [-0.39, 0.29) is 24.8 Å². The van der Waals surface area contributed by atoms with Crippen LogP contribution in [0.25, 0.3) is 0 Å². The van der Waals surface area contributed by atoms with Crippen LogP contribution in [0.15, 0.2) is 12.2 Å². The number of ketones is 1. The van der Waals surface area contributed by atoms with Crippen LogP contribution >= 0.6 is 0 Å². The Morgan fingerprint density at radius 1 is 1.25 bits per heavy atom. The first kappa shape index (κ1) is 16.4. The Morgan fingerprint density at radius 2 is 1.80 bits per heavy atom. The first-order valence-corrected chi connectivity index (χ1v) is 6.53. The molecule has 0 aromatic carbocycles. The molecule has 0 aromatic heterocycles. The summed E-state index contributed by atoms with van der Waals surface area (Å²) in [6, 6.07) is 0. The number of carbonyl (C=O) groups is 3. The molecule has 1 rings (SSSR count). The second-order valence-corrected chi connectivity index (χ2v) is 5.37. The lowest BCUT2D eigenvalue weighted by Crippen LogP contribution is -2.65. The molecule has 0 aliphatic heterocycles. The van der Waals surface area contributed by atoms with Gasteiger partial charge in [-0.1, -0.05) is 13.5 Å². The average Bonchev–Trinajstić information content (AvgIpc) is 2.36. The van der Waals surface area contributed by atoms with Crippen molar-refractivity contribution in [3.05, 3.63) is 12.2 Å². The summed E-state index contributed by atoms with van der Waals surface area (Å²) in [5, 5.41) is 29.4. The van der Waals surface area contributed by atoms with E-state index in [2.05, 4.69) is 6.58 Å². The number of aliphatic hydroxyl groups excluding tert-OH is 1. The molecule has 1 aliphatic carbocycles. The van der Waals surface area contributed by atoms with Gasteiger partial charge in [0.1, 0.15) is 0 Å². The third-order valence-electron chi connectivity index (χ3n) is 4.43. The molecule has 3 N–H and O–H groups in total. The molecule has 1 saturated carbocycles. The van der Waals surface area contributed by atoms with E-state index in [1.165, 1.54) is 13.8 Å². The van der Waals surface area contributed by atoms with E-state index in [1.807, 2.05) is 0 Å². The molecular weight excluding hydrogens is 264 g/mol. The van der Waals surface area contributed by atoms with Gasteiger partial charge in [0.15, 0.2) is 11.2 Å². The third kappa shape index (κ3) is 1.86. The molecule has 3 unspecified atom stereocenters. The highest BCUT2D eigenvalue weighted by Crippen LogP contribution is 2.54. The molecule has 0 saturated heterocycles. The van der Waals surface area contributed by atoms with Crippen LogP contribution in [0, 0.1) is 10.8 Å². The van der Waals surface area contributed by atoms with Gasteiger partial charge in [-0.15, -0.1) is 0 Å². The molecule has 1 fully saturated rings. The van der Waals surface area contributed by atoms with Crippen LogP contribution in [-0.4, -0.2) is 39.1 Å². The first-order chi connectivity index (χ1) is 9.18. The van der Waals surface area contributed by atoms with Crippen LogP contribution < -0.4 is 0 Å². The maximum atomic E-state index is 12.4. The fraction of sp³-hybridized carbons (Fsp3) is 0.643. The summed E-state index contributed by atoms with van der Waals surface area (Å²) < 4.78 is 0. The monoisotopic (exact) mass is 284 g/mol. The Morgan fingerprint density at radius 3 is 2.15 bits per heavy atom. The summed E-state index contributed by atoms with van der Waals surface area (Å²) in [4.78, 5) is 36.0. The van der Waals surface area contributed by atoms with Gasteiger partial charge in [-0.05, 0) is 38.2 Å². The summed E-state index contributed by atoms with van der Waals surface area (Å²) in [5.74, 6) is -3.86. The Labute approximate surface area is 117 Å². The smallest absolute Gasteiger partial charge is 0.321 e. The number of hydrogen-bond acceptors (Lipinski definition) is 4. The summed E-state index contributed by atoms with van der Waals surface area (Å²) in [5.41, 5.74) is -4.24. The van der Waals surface area contributed by atoms with E-state index >= 15 is 0 Å². The van der Waals surface area contributed by atoms with Gasteiger partial charge in [0, 0.05) is 0 Å². The quantitative estimate of drug-likeness (QED) is 0.517. The molecular formula is C14H20O6. The molecule has 0 spiro atoms. The van der Waals surface area contributed by atoms with Crippen LogP contribution in [0.5, 0.6) is 0 Å². The number of hydrogen-bond donors (Lipinski definition) is 3. The number of Topliss-reactive ketones (excluding diaryl/α,β-unsaturated/α-hetero) is 1. The lowest BCUT2D eigenvalue weighted by molar-refractivity contribution is -0.196. The molecule has 0 bridgehead atoms. The second kappa shape index (κ2) is 5.36. The minimum absolute atomic E-state index is 0.0429. The molecule has 112 valence electrons. The number of carbonyl (C=O) groups excluding carboxylic acids is 1. The predicted octanol–water partition coefficient (Wildman–Crippen LogP) is 1.23. The van der Waals surface area contributed by atoms with Gasteiger partial charge >= 0.3 is 11.9 Å². The number of carboxylic acids is 2. The summed E-state index contributed by atoms with van der Waals surface area (Å²) >= 11 is 0. The van der Waals surface area contributed by atoms with E-state index in [1.54, 1.807) is 0 Å². The Kier molecular flexibility index (Phi) is 4.39. The van der Waals surface area contributed by atoms with Crippen LogP contribution in [0.4, 0.5) is 0 Å². The van der Waals surface area contributed by atoms with Crippen molar-refractivity contribution in [1.82, 2.24) is 0 Å². The zero-order chi connectivity index (χ0) is 15.7. The molecule has 0 heterocycles. The van der Waals surface area contributed by atoms with Crippen LogP contribution in [0.2, 0.25) is 0 Å². The van der Waals surface area contributed by atoms with Crippen LogP contribution in [0.3, 0.4) is 0 Å². The average molecular weight is 284 g/mol. The number of carboxylic acid groups (broad SMARTS) is 2. The van der Waals surface area contributed by atoms with Crippen molar-refractivity contribution in [2.75, 3.05) is 0 Å². The van der Waals surface area contributed by atoms with E-state index < -0.39 is 34.7 Å². The number of allylic oxidation sites excluding steroid dienone is 1. The fourth-order valence-corrected chi connectivity index (χ4v) is 3.36. The van der Waals surface area contributed by atoms with Crippen molar-refractivity contribution in [2.45, 2.75) is 45.6 Å². The maximum absolute atomic E-state index is 12.4. The first-order valence-electron chi connectivity index (χ1n) is 6.53. The fourth-order valence-electron chi connectivity index (χ4n) is 3.36. The summed E-state index contributed by atoms with van der Waals surface area (Å²) in [6.45, 7) is 6.29. The topological polar surface area (TPSA) is 112 Å². The molecule has 1 aliphatic rings. The van der Waals surface area contributed by atoms with Gasteiger partial charge in [0.25, 0.3) is 0 Å². The zero-order valence-electron chi connectivity index (χ0n) is 11.7. The Bertz CT molecular complexity index is 468. The number of aliphatic carboxylic acids is 2. The van der Waals surface area contributed by atoms with E-state index in [4.69, 9.17) is 0 Å². The van der Waals surface area contributed by atoms with Crippen LogP contribution in [-0.2, 0) is 14.4 Å². The molecule has 0 aromatic rings. The minimum Gasteiger partial charge on any atom is -0.481 e. The van der Waals surface area contributed by atoms with E-state index in [9.17, 15) is 29.7 Å². The molecule has 6 nitrogen and oxygen atoms in total. The lowest BCUT2D eigenvalue weighted by Gasteiger charge is -2.49. The van der Waals surface area contributed by atoms with Gasteiger partial charge in [-0.3, -0.25) is 14.4 Å². The third-order valence-corrected chi connectivity index (χ3v) is 4.43. The largest absolute Gasteiger partial charge is 0.481 e. The SMILES string of the molecule is C=C(C)C(=O)C1(C(=O)O)C(O)CCCC1(CC)C(=O)O. The normalized spacial score (nSPS) is 33.5. The summed E-state index contributed by atoms with van der Waals surface area (Å²) in [6.07, 6.45) is -1.10. The number of aliphatic hydroxyl groups is 1. The standard InChI is InChI=1S/C14H20O6/c1-4-13(11(17)18)7-5-6-9(15)14(13,12(19)20)10(16)8(2)3/h9,15H,2,4-7H2,1,3H3,(H,17,18)(H,19,20). The molecule has 6 heteroatoms. The lowest BCUT2D eigenvalue weighted by atomic mass is 9.51. The van der Waals surface area contributed by atoms with Crippen molar-refractivity contribution >= 4 is 17.7 Å². The van der Waals surface area contributed by atoms with Gasteiger partial charge in [0.05, 0.1) is 11.5 Å². The second-order valence-electron chi connectivity index (χ2n) is 5.37. The van der Waals surface area contributed by atoms with E-state index in [0.717, 1.165) is 0 Å². The Balaban J connectivity index is 3.70. The maximum Gasteiger partial charge on any atom is 0.321 e. The van der Waals surface area contributed by atoms with Gasteiger partial charge in [-0.2, -0.15) is 0 Å². The van der Waals surface area contributed by atoms with Gasteiger partial charge in [0.2, 0.25) is 0 Å². The van der Waals surface area contributed by atoms with Gasteiger partial charge < -0.3 is 15.3 Å². The van der Waals surface area contributed by atoms with E-state index in [0.29, 0.717) is 6.42 Å². The minimum atomic E-state index is -2.36. The highest BCUT2D eigenvalue weighted by molar-refractivity contribution is 6.15. The zero-order valence-corrected chi connectivity index (χ0v) is 11.7. The van der Waals surface area contributed by atoms with Crippen molar-refractivity contribution in [1.29, 1.82) is 0 Å². The van der Waals surface area contributed by atoms with Gasteiger partial charge in [-0.25, -0.2) is 0 Å². The van der Waals surface area contributed by atoms with Crippen molar-refractivity contribution in [3.8, 4) is 0 Å². The molecule has 3 atom stereocenters. The van der Waals surface area contributed by atoms with Crippen molar-refractivity contribution in [2.24, 2.45) is 10.8 Å². The molecule has 0 radical (unpaired) electrons. The predicted molar refractivity (Wildman–Crippen MR) is 70.1 cm³/mol. The highest BCUT2D eigenvalue weighted by Gasteiger charge is 2.69. The Hall–Kier alpha value is -1.69. The van der Waals surface area contributed by atoms with Crippen molar-refractivity contribution in [3.63, 3.8) is 0 Å². The summed E-state index contributed by atoms with van der Waals surface area (Å²) in [7, 11) is 0. The molecule has 20 heavy (non-hydrogen) atoms. The highest BCUT2D eigenvalue weighted by atomic mass is 16.4. The molecule has 0 amide bonds. The number of rotatable bonds is 5.